The third kappa shape index (κ3) is 6.72. The van der Waals surface area contributed by atoms with Crippen LogP contribution in [0.1, 0.15) is 41.5 Å². The van der Waals surface area contributed by atoms with Crippen molar-refractivity contribution in [1.29, 1.82) is 0 Å². The van der Waals surface area contributed by atoms with E-state index in [1.165, 1.54) is 0 Å². The van der Waals surface area contributed by atoms with Crippen LogP contribution < -0.4 is 0 Å². The Labute approximate surface area is 104 Å². The van der Waals surface area contributed by atoms with Gasteiger partial charge in [-0.2, -0.15) is 0 Å². The first-order valence-corrected chi connectivity index (χ1v) is 7.70. The van der Waals surface area contributed by atoms with Gasteiger partial charge in [0.1, 0.15) is 0 Å². The highest BCUT2D eigenvalue weighted by atomic mass is 32.2. The zero-order chi connectivity index (χ0) is 11.8. The second-order valence-corrected chi connectivity index (χ2v) is 6.43. The Morgan fingerprint density at radius 2 is 1.13 bits per heavy atom. The van der Waals surface area contributed by atoms with Crippen LogP contribution in [-0.2, 0) is 0 Å². The molecule has 0 aliphatic carbocycles. The molecule has 0 aromatic heterocycles. The summed E-state index contributed by atoms with van der Waals surface area (Å²) in [6.45, 7) is 15.7. The van der Waals surface area contributed by atoms with Gasteiger partial charge in [0.05, 0.1) is 5.08 Å². The number of nitrogens with zero attached hydrogens (tertiary/aromatic N) is 2. The van der Waals surface area contributed by atoms with Gasteiger partial charge >= 0.3 is 0 Å². The lowest BCUT2D eigenvalue weighted by molar-refractivity contribution is 0.412. The fourth-order valence-electron chi connectivity index (χ4n) is 1.37. The van der Waals surface area contributed by atoms with Crippen LogP contribution in [0.2, 0.25) is 0 Å². The average molecular weight is 250 g/mol. The predicted octanol–water partition coefficient (Wildman–Crippen LogP) is 3.70. The van der Waals surface area contributed by atoms with Crippen molar-refractivity contribution in [3.63, 3.8) is 0 Å². The van der Waals surface area contributed by atoms with Crippen LogP contribution in [0.4, 0.5) is 0 Å². The van der Waals surface area contributed by atoms with Crippen molar-refractivity contribution in [1.82, 2.24) is 8.61 Å². The Morgan fingerprint density at radius 1 is 0.800 bits per heavy atom. The number of rotatable bonds is 8. The van der Waals surface area contributed by atoms with Gasteiger partial charge in [0.15, 0.2) is 0 Å². The van der Waals surface area contributed by atoms with Gasteiger partial charge in [-0.25, -0.2) is 8.61 Å². The molecule has 0 aromatic rings. The minimum atomic E-state index is 0.634. The molecule has 0 aliphatic rings. The van der Waals surface area contributed by atoms with Crippen LogP contribution >= 0.6 is 23.9 Å². The van der Waals surface area contributed by atoms with E-state index < -0.39 is 0 Å². The summed E-state index contributed by atoms with van der Waals surface area (Å²) in [5.41, 5.74) is 0. The quantitative estimate of drug-likeness (QED) is 0.478. The molecule has 0 saturated carbocycles. The monoisotopic (exact) mass is 250 g/mol. The van der Waals surface area contributed by atoms with Crippen molar-refractivity contribution in [3.8, 4) is 0 Å². The molecule has 15 heavy (non-hydrogen) atoms. The molecule has 0 saturated heterocycles. The molecular formula is C11H26N2S2. The van der Waals surface area contributed by atoms with Gasteiger partial charge in [0.25, 0.3) is 0 Å². The molecule has 0 spiro atoms. The molecule has 4 heteroatoms. The number of hydrogen-bond donors (Lipinski definition) is 0. The van der Waals surface area contributed by atoms with Crippen LogP contribution in [-0.4, -0.2) is 38.9 Å². The molecule has 92 valence electrons. The van der Waals surface area contributed by atoms with E-state index in [1.54, 1.807) is 0 Å². The molecule has 0 unspecified atom stereocenters. The average Bonchev–Trinajstić information content (AvgIpc) is 2.17. The van der Waals surface area contributed by atoms with Gasteiger partial charge in [0, 0.05) is 25.2 Å². The molecule has 0 heterocycles. The molecule has 0 N–H and O–H groups in total. The van der Waals surface area contributed by atoms with Crippen LogP contribution in [0.15, 0.2) is 0 Å². The Kier molecular flexibility index (Phi) is 9.10. The molecular weight excluding hydrogens is 224 g/mol. The highest BCUT2D eigenvalue weighted by Crippen LogP contribution is 2.23. The summed E-state index contributed by atoms with van der Waals surface area (Å²) in [6, 6.07) is 1.27. The standard InChI is InChI=1S/C11H26N2S2/c1-7-12(10(3)4)14-9-15-13(8-2)11(5)6/h10-11H,7-9H2,1-6H3. The molecule has 0 atom stereocenters. The maximum Gasteiger partial charge on any atom is 0.0687 e. The minimum Gasteiger partial charge on any atom is -0.248 e. The highest BCUT2D eigenvalue weighted by Gasteiger charge is 2.10. The fourth-order valence-corrected chi connectivity index (χ4v) is 3.60. The summed E-state index contributed by atoms with van der Waals surface area (Å²) in [5.74, 6) is 0. The first-order valence-electron chi connectivity index (χ1n) is 5.81. The first-order chi connectivity index (χ1) is 7.02. The van der Waals surface area contributed by atoms with Gasteiger partial charge < -0.3 is 0 Å². The van der Waals surface area contributed by atoms with Gasteiger partial charge in [0.2, 0.25) is 0 Å². The molecule has 2 nitrogen and oxygen atoms in total. The topological polar surface area (TPSA) is 6.48 Å². The minimum absolute atomic E-state index is 0.634. The summed E-state index contributed by atoms with van der Waals surface area (Å²) in [7, 11) is 0. The normalized spacial score (nSPS) is 12.4. The fraction of sp³-hybridized carbons (Fsp3) is 1.00. The first kappa shape index (κ1) is 15.6. The van der Waals surface area contributed by atoms with Crippen molar-refractivity contribution >= 4 is 23.9 Å². The molecule has 0 amide bonds. The van der Waals surface area contributed by atoms with Crippen molar-refractivity contribution in [2.75, 3.05) is 18.2 Å². The summed E-state index contributed by atoms with van der Waals surface area (Å²) in [5, 5.41) is 1.12. The van der Waals surface area contributed by atoms with Gasteiger partial charge in [-0.1, -0.05) is 37.7 Å². The second-order valence-electron chi connectivity index (χ2n) is 4.03. The van der Waals surface area contributed by atoms with Crippen molar-refractivity contribution in [2.45, 2.75) is 53.6 Å². The number of hydrogen-bond acceptors (Lipinski definition) is 4. The van der Waals surface area contributed by atoms with Crippen LogP contribution in [0.5, 0.6) is 0 Å². The largest absolute Gasteiger partial charge is 0.248 e. The highest BCUT2D eigenvalue weighted by molar-refractivity contribution is 8.13. The van der Waals surface area contributed by atoms with E-state index in [4.69, 9.17) is 0 Å². The Hall–Kier alpha value is 0.620. The lowest BCUT2D eigenvalue weighted by Crippen LogP contribution is -2.26. The van der Waals surface area contributed by atoms with Crippen molar-refractivity contribution < 1.29 is 0 Å². The maximum absolute atomic E-state index is 2.43. The molecule has 0 aliphatic heterocycles. The molecule has 0 aromatic carbocycles. The second kappa shape index (κ2) is 8.74. The Morgan fingerprint density at radius 3 is 1.33 bits per heavy atom. The van der Waals surface area contributed by atoms with Gasteiger partial charge in [-0.05, 0) is 27.7 Å². The van der Waals surface area contributed by atoms with E-state index in [0.717, 1.165) is 18.2 Å². The Bertz CT molecular complexity index is 136. The SMILES string of the molecule is CCN(SCSN(CC)C(C)C)C(C)C. The summed E-state index contributed by atoms with van der Waals surface area (Å²) in [6.07, 6.45) is 0. The molecule has 0 bridgehead atoms. The van der Waals surface area contributed by atoms with Crippen molar-refractivity contribution in [3.05, 3.63) is 0 Å². The third-order valence-electron chi connectivity index (χ3n) is 2.21. The summed E-state index contributed by atoms with van der Waals surface area (Å²) < 4.78 is 4.86. The summed E-state index contributed by atoms with van der Waals surface area (Å²) in [4.78, 5) is 0. The van der Waals surface area contributed by atoms with Crippen LogP contribution in [0, 0.1) is 0 Å². The van der Waals surface area contributed by atoms with Crippen molar-refractivity contribution in [2.24, 2.45) is 0 Å². The van der Waals surface area contributed by atoms with E-state index in [9.17, 15) is 0 Å². The molecule has 0 fully saturated rings. The zero-order valence-corrected chi connectivity index (χ0v) is 12.6. The summed E-state index contributed by atoms with van der Waals surface area (Å²) >= 11 is 3.89. The Balaban J connectivity index is 3.75. The van der Waals surface area contributed by atoms with E-state index >= 15 is 0 Å². The lowest BCUT2D eigenvalue weighted by Gasteiger charge is -2.27. The predicted molar refractivity (Wildman–Crippen MR) is 75.1 cm³/mol. The van der Waals surface area contributed by atoms with E-state index in [-0.39, 0.29) is 0 Å². The zero-order valence-electron chi connectivity index (χ0n) is 11.0. The van der Waals surface area contributed by atoms with Crippen LogP contribution in [0.3, 0.4) is 0 Å². The van der Waals surface area contributed by atoms with E-state index in [1.807, 2.05) is 23.9 Å². The lowest BCUT2D eigenvalue weighted by atomic mass is 10.4. The van der Waals surface area contributed by atoms with E-state index in [2.05, 4.69) is 50.2 Å². The smallest absolute Gasteiger partial charge is 0.0687 e. The molecule has 0 rings (SSSR count). The van der Waals surface area contributed by atoms with Crippen LogP contribution in [0.25, 0.3) is 0 Å². The molecule has 0 radical (unpaired) electrons. The van der Waals surface area contributed by atoms with Gasteiger partial charge in [-0.3, -0.25) is 0 Å². The third-order valence-corrected chi connectivity index (χ3v) is 5.08. The van der Waals surface area contributed by atoms with E-state index in [0.29, 0.717) is 12.1 Å². The maximum atomic E-state index is 2.43. The van der Waals surface area contributed by atoms with Gasteiger partial charge in [-0.15, -0.1) is 0 Å².